The topological polar surface area (TPSA) is 89.3 Å². The second-order valence-corrected chi connectivity index (χ2v) is 3.55. The summed E-state index contributed by atoms with van der Waals surface area (Å²) in [5, 5.41) is 14.8. The zero-order valence-corrected chi connectivity index (χ0v) is 9.33. The van der Waals surface area contributed by atoms with Crippen molar-refractivity contribution in [1.29, 1.82) is 0 Å². The van der Waals surface area contributed by atoms with Crippen LogP contribution in [0.5, 0.6) is 0 Å². The summed E-state index contributed by atoms with van der Waals surface area (Å²) >= 11 is 0. The molecule has 0 radical (unpaired) electrons. The molecular weight excluding hydrogens is 263 g/mol. The Balaban J connectivity index is 2.61. The lowest BCUT2D eigenvalue weighted by molar-refractivity contribution is -0.137. The van der Waals surface area contributed by atoms with Gasteiger partial charge in [-0.15, -0.1) is 0 Å². The van der Waals surface area contributed by atoms with Gasteiger partial charge in [0.2, 0.25) is 0 Å². The van der Waals surface area contributed by atoms with E-state index >= 15 is 0 Å². The molecule has 1 aromatic carbocycles. The van der Waals surface area contributed by atoms with Crippen LogP contribution in [0.2, 0.25) is 0 Å². The minimum atomic E-state index is -4.64. The molecule has 0 atom stereocenters. The smallest absolute Gasteiger partial charge is 0.409 e. The lowest BCUT2D eigenvalue weighted by Gasteiger charge is -2.13. The normalized spacial score (nSPS) is 12.7. The Morgan fingerprint density at radius 1 is 1.37 bits per heavy atom. The van der Waals surface area contributed by atoms with E-state index in [1.54, 1.807) is 0 Å². The van der Waals surface area contributed by atoms with E-state index in [1.807, 2.05) is 0 Å². The first-order chi connectivity index (χ1) is 8.93. The van der Waals surface area contributed by atoms with Gasteiger partial charge in [-0.3, -0.25) is 0 Å². The maximum atomic E-state index is 12.9. The van der Waals surface area contributed by atoms with E-state index in [9.17, 15) is 13.2 Å². The molecule has 0 unspecified atom stereocenters. The van der Waals surface area contributed by atoms with E-state index in [0.717, 1.165) is 12.1 Å². The molecule has 0 saturated heterocycles. The van der Waals surface area contributed by atoms with Crippen molar-refractivity contribution in [2.45, 2.75) is 6.18 Å². The lowest BCUT2D eigenvalue weighted by atomic mass is 10.1. The second kappa shape index (κ2) is 4.59. The van der Waals surface area contributed by atoms with Crippen LogP contribution in [0.1, 0.15) is 11.1 Å². The standard InChI is InChI=1S/C10H8F3N5O/c11-10(12,13)8-3-6(18-5-15-4-16-18)1-2-7(8)9(14)17-19/h1-5,19H,(H2,14,17). The minimum absolute atomic E-state index is 0.166. The van der Waals surface area contributed by atoms with Crippen molar-refractivity contribution in [3.05, 3.63) is 42.0 Å². The molecule has 19 heavy (non-hydrogen) atoms. The van der Waals surface area contributed by atoms with Crippen LogP contribution in [-0.4, -0.2) is 25.8 Å². The molecule has 2 aromatic rings. The molecule has 0 spiro atoms. The van der Waals surface area contributed by atoms with Gasteiger partial charge in [-0.2, -0.15) is 18.3 Å². The minimum Gasteiger partial charge on any atom is -0.409 e. The highest BCUT2D eigenvalue weighted by Crippen LogP contribution is 2.33. The van der Waals surface area contributed by atoms with Gasteiger partial charge in [0.05, 0.1) is 11.3 Å². The van der Waals surface area contributed by atoms with Crippen LogP contribution in [0.3, 0.4) is 0 Å². The van der Waals surface area contributed by atoms with Crippen molar-refractivity contribution in [3.8, 4) is 5.69 Å². The zero-order valence-electron chi connectivity index (χ0n) is 9.33. The molecule has 1 aromatic heterocycles. The Morgan fingerprint density at radius 2 is 2.11 bits per heavy atom. The fourth-order valence-electron chi connectivity index (χ4n) is 1.53. The predicted octanol–water partition coefficient (Wildman–Crippen LogP) is 1.38. The van der Waals surface area contributed by atoms with E-state index in [2.05, 4.69) is 15.2 Å². The summed E-state index contributed by atoms with van der Waals surface area (Å²) in [5.74, 6) is -0.613. The average molecular weight is 271 g/mol. The summed E-state index contributed by atoms with van der Waals surface area (Å²) in [7, 11) is 0. The van der Waals surface area contributed by atoms with E-state index in [4.69, 9.17) is 10.9 Å². The van der Waals surface area contributed by atoms with Gasteiger partial charge < -0.3 is 10.9 Å². The number of nitrogens with two attached hydrogens (primary N) is 1. The molecule has 0 saturated carbocycles. The van der Waals surface area contributed by atoms with E-state index in [0.29, 0.717) is 0 Å². The predicted molar refractivity (Wildman–Crippen MR) is 58.9 cm³/mol. The summed E-state index contributed by atoms with van der Waals surface area (Å²) in [6, 6.07) is 3.31. The number of benzene rings is 1. The SMILES string of the molecule is N/C(=N\O)c1ccc(-n2cncn2)cc1C(F)(F)F. The highest BCUT2D eigenvalue weighted by atomic mass is 19.4. The van der Waals surface area contributed by atoms with E-state index in [-0.39, 0.29) is 5.69 Å². The molecule has 100 valence electrons. The Bertz CT molecular complexity index is 606. The van der Waals surface area contributed by atoms with Crippen LogP contribution in [0.4, 0.5) is 13.2 Å². The zero-order chi connectivity index (χ0) is 14.0. The van der Waals surface area contributed by atoms with Crippen molar-refractivity contribution >= 4 is 5.84 Å². The molecule has 0 aliphatic heterocycles. The largest absolute Gasteiger partial charge is 0.417 e. The van der Waals surface area contributed by atoms with Gasteiger partial charge in [0.25, 0.3) is 0 Å². The van der Waals surface area contributed by atoms with Gasteiger partial charge in [-0.25, -0.2) is 9.67 Å². The Labute approximate surface area is 105 Å². The van der Waals surface area contributed by atoms with Gasteiger partial charge in [0.1, 0.15) is 12.7 Å². The van der Waals surface area contributed by atoms with Crippen molar-refractivity contribution < 1.29 is 18.4 Å². The number of oxime groups is 1. The van der Waals surface area contributed by atoms with Gasteiger partial charge >= 0.3 is 6.18 Å². The summed E-state index contributed by atoms with van der Waals surface area (Å²) in [4.78, 5) is 3.65. The van der Waals surface area contributed by atoms with Crippen LogP contribution in [-0.2, 0) is 6.18 Å². The van der Waals surface area contributed by atoms with Gasteiger partial charge in [-0.05, 0) is 18.2 Å². The highest BCUT2D eigenvalue weighted by Gasteiger charge is 2.34. The molecule has 6 nitrogen and oxygen atoms in total. The van der Waals surface area contributed by atoms with Crippen molar-refractivity contribution in [3.63, 3.8) is 0 Å². The number of aromatic nitrogens is 3. The van der Waals surface area contributed by atoms with Gasteiger partial charge in [-0.1, -0.05) is 5.16 Å². The lowest BCUT2D eigenvalue weighted by Crippen LogP contribution is -2.20. The summed E-state index contributed by atoms with van der Waals surface area (Å²) in [6.45, 7) is 0. The highest BCUT2D eigenvalue weighted by molar-refractivity contribution is 5.98. The molecule has 0 amide bonds. The van der Waals surface area contributed by atoms with Crippen LogP contribution < -0.4 is 5.73 Å². The fourth-order valence-corrected chi connectivity index (χ4v) is 1.53. The van der Waals surface area contributed by atoms with Crippen LogP contribution >= 0.6 is 0 Å². The molecule has 1 heterocycles. The molecule has 2 rings (SSSR count). The number of amidine groups is 1. The second-order valence-electron chi connectivity index (χ2n) is 3.55. The average Bonchev–Trinajstić information content (AvgIpc) is 2.90. The van der Waals surface area contributed by atoms with Gasteiger partial charge in [0.15, 0.2) is 5.84 Å². The number of hydrogen-bond acceptors (Lipinski definition) is 4. The summed E-state index contributed by atoms with van der Waals surface area (Å²) in [5.41, 5.74) is 3.97. The number of nitrogens with zero attached hydrogens (tertiary/aromatic N) is 4. The fraction of sp³-hybridized carbons (Fsp3) is 0.100. The first-order valence-electron chi connectivity index (χ1n) is 4.97. The third-order valence-electron chi connectivity index (χ3n) is 2.38. The van der Waals surface area contributed by atoms with Crippen LogP contribution in [0.25, 0.3) is 5.69 Å². The molecule has 0 aliphatic carbocycles. The van der Waals surface area contributed by atoms with E-state index in [1.165, 1.54) is 23.4 Å². The Hall–Kier alpha value is -2.58. The first kappa shape index (κ1) is 12.9. The van der Waals surface area contributed by atoms with Crippen molar-refractivity contribution in [1.82, 2.24) is 14.8 Å². The Morgan fingerprint density at radius 3 is 2.63 bits per heavy atom. The number of halogens is 3. The first-order valence-corrected chi connectivity index (χ1v) is 4.97. The van der Waals surface area contributed by atoms with Gasteiger partial charge in [0, 0.05) is 5.56 Å². The molecule has 3 N–H and O–H groups in total. The molecular formula is C10H8F3N5O. The monoisotopic (exact) mass is 271 g/mol. The molecule has 0 fully saturated rings. The molecule has 0 aliphatic rings. The van der Waals surface area contributed by atoms with Crippen LogP contribution in [0, 0.1) is 0 Å². The third-order valence-corrected chi connectivity index (χ3v) is 2.38. The molecule has 0 bridgehead atoms. The maximum Gasteiger partial charge on any atom is 0.417 e. The van der Waals surface area contributed by atoms with Crippen molar-refractivity contribution in [2.75, 3.05) is 0 Å². The Kier molecular flexibility index (Phi) is 3.11. The van der Waals surface area contributed by atoms with E-state index < -0.39 is 23.1 Å². The van der Waals surface area contributed by atoms with Crippen molar-refractivity contribution in [2.24, 2.45) is 10.9 Å². The van der Waals surface area contributed by atoms with Crippen LogP contribution in [0.15, 0.2) is 36.0 Å². The third kappa shape index (κ3) is 2.49. The number of alkyl halides is 3. The number of hydrogen-bond donors (Lipinski definition) is 2. The quantitative estimate of drug-likeness (QED) is 0.374. The summed E-state index contributed by atoms with van der Waals surface area (Å²) < 4.78 is 40.0. The maximum absolute atomic E-state index is 12.9. The summed E-state index contributed by atoms with van der Waals surface area (Å²) in [6.07, 6.45) is -2.18. The molecule has 9 heteroatoms. The number of rotatable bonds is 2.